The van der Waals surface area contributed by atoms with E-state index in [0.717, 1.165) is 0 Å². The average Bonchev–Trinajstić information content (AvgIpc) is 0.811. The van der Waals surface area contributed by atoms with Gasteiger partial charge in [-0.1, -0.05) is 0 Å². The molecule has 0 aromatic carbocycles. The molecule has 0 heterocycles. The Morgan fingerprint density at radius 1 is 1.33 bits per heavy atom. The van der Waals surface area contributed by atoms with Gasteiger partial charge in [-0.15, -0.1) is 0 Å². The van der Waals surface area contributed by atoms with Gasteiger partial charge in [0.1, 0.15) is 0 Å². The minimum absolute atomic E-state index is 0. The minimum Gasteiger partial charge on any atom is 0 e. The molecule has 0 unspecified atom stereocenters. The molecule has 6 heteroatoms. The second kappa shape index (κ2) is 10.3. The van der Waals surface area contributed by atoms with Gasteiger partial charge in [0.15, 0.2) is 0 Å². The molecule has 3 nitrogen and oxygen atoms in total. The first-order valence-corrected chi connectivity index (χ1v) is 3.85. The molecule has 0 rings (SSSR count). The fourth-order valence-corrected chi connectivity index (χ4v) is 0. The summed E-state index contributed by atoms with van der Waals surface area (Å²) in [5.74, 6) is 0. The van der Waals surface area contributed by atoms with Gasteiger partial charge in [-0.3, -0.25) is 0 Å². The Bertz CT molecular complexity index is 33.8. The summed E-state index contributed by atoms with van der Waals surface area (Å²) in [5, 5.41) is 0. The molecule has 0 spiro atoms. The van der Waals surface area contributed by atoms with Gasteiger partial charge in [-0.05, 0) is 0 Å². The van der Waals surface area contributed by atoms with Crippen molar-refractivity contribution in [1.82, 2.24) is 0 Å². The van der Waals surface area contributed by atoms with Gasteiger partial charge in [0.05, 0.1) is 0 Å². The molecule has 0 bridgehead atoms. The van der Waals surface area contributed by atoms with Crippen LogP contribution in [0, 0.1) is 0 Å². The van der Waals surface area contributed by atoms with Crippen LogP contribution in [-0.4, -0.2) is 33.7 Å². The number of hydrogen-bond donors (Lipinski definition) is 2. The quantitative estimate of drug-likeness (QED) is 0.458. The van der Waals surface area contributed by atoms with Crippen LogP contribution in [-0.2, 0) is 47.2 Å². The van der Waals surface area contributed by atoms with E-state index < -0.39 is 22.6 Å². The van der Waals surface area contributed by atoms with Crippen molar-refractivity contribution in [3.8, 4) is 0 Å². The van der Waals surface area contributed by atoms with E-state index in [0.29, 0.717) is 0 Å². The summed E-state index contributed by atoms with van der Waals surface area (Å²) in [7, 11) is 0. The zero-order valence-corrected chi connectivity index (χ0v) is 12.5. The maximum absolute atomic E-state index is 8.84. The third-order valence-electron chi connectivity index (χ3n) is 0. The predicted molar refractivity (Wildman–Crippen MR) is 13.7 cm³/mol. The predicted octanol–water partition coefficient (Wildman–Crippen LogP) is -2.15. The normalized spacial score (nSPS) is 4.33. The number of rotatable bonds is 0. The maximum atomic E-state index is 8.84. The standard InChI is InChI=1S/2H2O.O.Pb.Ti.Zr.2H/h2*1H2;;;;;;/q;;;;;+2;;/p-2. The van der Waals surface area contributed by atoms with Crippen molar-refractivity contribution in [1.29, 1.82) is 0 Å². The SMILES string of the molecule is [O]=[Zr]([OH])[OH].[PbH2].[Ti]. The second-order valence-electron chi connectivity index (χ2n) is 0.283. The Morgan fingerprint density at radius 2 is 1.33 bits per heavy atom. The van der Waals surface area contributed by atoms with Crippen LogP contribution < -0.4 is 0 Å². The van der Waals surface area contributed by atoms with Gasteiger partial charge >= 0.3 is 59.1 Å². The molecule has 34 valence electrons. The Morgan fingerprint density at radius 3 is 1.33 bits per heavy atom. The average molecular weight is 398 g/mol. The molecule has 2 radical (unpaired) electrons. The monoisotopic (exact) mass is 398 g/mol. The molecule has 2 N–H and O–H groups in total. The van der Waals surface area contributed by atoms with Gasteiger partial charge in [0.25, 0.3) is 0 Å². The summed E-state index contributed by atoms with van der Waals surface area (Å²) in [6.45, 7) is 0. The van der Waals surface area contributed by atoms with Gasteiger partial charge in [-0.25, -0.2) is 0 Å². The van der Waals surface area contributed by atoms with Crippen molar-refractivity contribution in [3.05, 3.63) is 0 Å². The molecular weight excluding hydrogens is 394 g/mol. The van der Waals surface area contributed by atoms with Crippen molar-refractivity contribution in [2.45, 2.75) is 0 Å². The van der Waals surface area contributed by atoms with Crippen molar-refractivity contribution in [3.63, 3.8) is 0 Å². The van der Waals surface area contributed by atoms with E-state index in [1.54, 1.807) is 0 Å². The molecule has 0 saturated heterocycles. The van der Waals surface area contributed by atoms with E-state index in [9.17, 15) is 0 Å². The van der Waals surface area contributed by atoms with E-state index in [1.807, 2.05) is 0 Å². The Balaban J connectivity index is -0.0000000450. The Hall–Kier alpha value is 2.24. The first-order valence-electron chi connectivity index (χ1n) is 0.651. The molecule has 0 aromatic heterocycles. The van der Waals surface area contributed by atoms with E-state index >= 15 is 0 Å². The first-order chi connectivity index (χ1) is 1.73. The molecule has 6 heavy (non-hydrogen) atoms. The topological polar surface area (TPSA) is 57.5 Å². The Labute approximate surface area is 79.5 Å². The summed E-state index contributed by atoms with van der Waals surface area (Å²) in [4.78, 5) is 0. The van der Waals surface area contributed by atoms with Gasteiger partial charge < -0.3 is 0 Å². The van der Waals surface area contributed by atoms with Crippen LogP contribution in [0.2, 0.25) is 0 Å². The fourth-order valence-electron chi connectivity index (χ4n) is 0. The largest absolute Gasteiger partial charge is 0 e. The summed E-state index contributed by atoms with van der Waals surface area (Å²) >= 11 is -3.79. The van der Waals surface area contributed by atoms with E-state index in [4.69, 9.17) is 9.18 Å². The van der Waals surface area contributed by atoms with Gasteiger partial charge in [-0.2, -0.15) is 0 Å². The number of hydrogen-bond acceptors (Lipinski definition) is 1. The summed E-state index contributed by atoms with van der Waals surface area (Å²) in [6, 6.07) is 0. The van der Waals surface area contributed by atoms with Crippen molar-refractivity contribution in [2.75, 3.05) is 0 Å². The fraction of sp³-hybridized carbons (Fsp3) is 0. The maximum Gasteiger partial charge on any atom is 0 e. The van der Waals surface area contributed by atoms with E-state index in [2.05, 4.69) is 0 Å². The van der Waals surface area contributed by atoms with Crippen molar-refractivity contribution in [2.24, 2.45) is 0 Å². The third-order valence-corrected chi connectivity index (χ3v) is 0. The summed E-state index contributed by atoms with van der Waals surface area (Å²) in [5.41, 5.74) is 0. The van der Waals surface area contributed by atoms with Crippen LogP contribution in [0.3, 0.4) is 0 Å². The molecule has 0 atom stereocenters. The van der Waals surface area contributed by atoms with Crippen LogP contribution in [0.1, 0.15) is 0 Å². The smallest absolute Gasteiger partial charge is 0 e. The van der Waals surface area contributed by atoms with Crippen LogP contribution in [0.25, 0.3) is 0 Å². The molecule has 0 aliphatic heterocycles. The van der Waals surface area contributed by atoms with Crippen molar-refractivity contribution < 1.29 is 53.5 Å². The van der Waals surface area contributed by atoms with Crippen LogP contribution >= 0.6 is 0 Å². The zero-order chi connectivity index (χ0) is 3.58. The molecular formula is H4O3PbTiZr. The van der Waals surface area contributed by atoms with Crippen LogP contribution in [0.4, 0.5) is 0 Å². The van der Waals surface area contributed by atoms with Crippen molar-refractivity contribution >= 4 is 27.3 Å². The van der Waals surface area contributed by atoms with Crippen LogP contribution in [0.5, 0.6) is 0 Å². The first kappa shape index (κ1) is 15.7. The minimum atomic E-state index is -3.79. The van der Waals surface area contributed by atoms with E-state index in [-0.39, 0.29) is 49.0 Å². The molecule has 0 fully saturated rings. The van der Waals surface area contributed by atoms with Crippen LogP contribution in [0.15, 0.2) is 0 Å². The molecule has 0 aliphatic carbocycles. The zero-order valence-electron chi connectivity index (χ0n) is 3.01. The third kappa shape index (κ3) is 34.2. The Kier molecular flexibility index (Phi) is 26.9. The van der Waals surface area contributed by atoms with Gasteiger partial charge in [0, 0.05) is 21.7 Å². The molecule has 0 aliphatic rings. The molecule has 0 saturated carbocycles. The second-order valence-corrected chi connectivity index (χ2v) is 1.67. The summed E-state index contributed by atoms with van der Waals surface area (Å²) < 4.78 is 23.3. The van der Waals surface area contributed by atoms with Gasteiger partial charge in [0.2, 0.25) is 0 Å². The summed E-state index contributed by atoms with van der Waals surface area (Å²) in [6.07, 6.45) is 0. The molecule has 0 amide bonds. The van der Waals surface area contributed by atoms with E-state index in [1.165, 1.54) is 0 Å². The molecule has 0 aromatic rings.